The van der Waals surface area contributed by atoms with Crippen molar-refractivity contribution in [2.24, 2.45) is 5.14 Å². The molecule has 23 heteroatoms. The zero-order chi connectivity index (χ0) is 28.6. The van der Waals surface area contributed by atoms with Gasteiger partial charge in [0.25, 0.3) is 10.0 Å². The minimum atomic E-state index is -8.84. The van der Waals surface area contributed by atoms with Gasteiger partial charge in [0.1, 0.15) is 0 Å². The molecule has 0 aliphatic carbocycles. The monoisotopic (exact) mass is 574 g/mol. The Kier molecular flexibility index (Phi) is 9.82. The van der Waals surface area contributed by atoms with Gasteiger partial charge in [-0.3, -0.25) is 0 Å². The van der Waals surface area contributed by atoms with Crippen LogP contribution in [0.2, 0.25) is 0 Å². The number of nitrogens with one attached hydrogen (secondary N) is 1. The maximum atomic E-state index is 13.1. The lowest BCUT2D eigenvalue weighted by molar-refractivity contribution is -0.458. The summed E-state index contributed by atoms with van der Waals surface area (Å²) >= 11 is 0. The smallest absolute Gasteiger partial charge is 0.317 e. The maximum absolute atomic E-state index is 13.1. The summed E-state index contributed by atoms with van der Waals surface area (Å²) in [5.41, 5.74) is 2.02. The van der Waals surface area contributed by atoms with E-state index in [9.17, 15) is 83.1 Å². The predicted octanol–water partition coefficient (Wildman–Crippen LogP) is 4.62. The highest BCUT2D eigenvalue weighted by molar-refractivity contribution is 7.90. The third-order valence-electron chi connectivity index (χ3n) is 3.41. The van der Waals surface area contributed by atoms with Crippen molar-refractivity contribution in [2.45, 2.75) is 60.3 Å². The second kappa shape index (κ2) is 9.59. The van der Waals surface area contributed by atoms with Crippen LogP contribution in [-0.4, -0.2) is 67.1 Å². The number of alkyl halides is 17. The molecule has 4 N–H and O–H groups in total. The van der Waals surface area contributed by atoms with Crippen LogP contribution < -0.4 is 10.6 Å². The van der Waals surface area contributed by atoms with Crippen LogP contribution in [0.25, 0.3) is 0 Å². The lowest BCUT2D eigenvalue weighted by atomic mass is 9.91. The summed E-state index contributed by atoms with van der Waals surface area (Å²) in [6, 6.07) is 0. The quantitative estimate of drug-likeness (QED) is 0.277. The number of hydrogen-bond acceptors (Lipinski definition) is 4. The number of rotatable bonds is 9. The van der Waals surface area contributed by atoms with Crippen molar-refractivity contribution in [3.05, 3.63) is 0 Å². The number of sulfonamides is 1. The average Bonchev–Trinajstić information content (AvgIpc) is 2.59. The maximum Gasteiger partial charge on any atom is 0.460 e. The summed E-state index contributed by atoms with van der Waals surface area (Å²) in [7, 11) is -7.39. The highest BCUT2D eigenvalue weighted by Gasteiger charge is 2.96. The molecule has 0 unspecified atom stereocenters. The largest absolute Gasteiger partial charge is 0.460 e. The molecule has 5 nitrogen and oxygen atoms in total. The molecule has 0 saturated heterocycles. The molecule has 0 atom stereocenters. The minimum absolute atomic E-state index is 0.694. The van der Waals surface area contributed by atoms with Crippen LogP contribution in [0.15, 0.2) is 0 Å². The Morgan fingerprint density at radius 2 is 0.882 bits per heavy atom. The van der Waals surface area contributed by atoms with Crippen LogP contribution in [0.4, 0.5) is 74.6 Å². The van der Waals surface area contributed by atoms with E-state index in [1.54, 1.807) is 0 Å². The van der Waals surface area contributed by atoms with Gasteiger partial charge in [-0.15, -0.1) is 0 Å². The van der Waals surface area contributed by atoms with Crippen molar-refractivity contribution in [2.75, 3.05) is 6.54 Å². The highest BCUT2D eigenvalue weighted by atomic mass is 32.2. The zero-order valence-corrected chi connectivity index (χ0v) is 16.4. The van der Waals surface area contributed by atoms with Crippen LogP contribution >= 0.6 is 0 Å². The van der Waals surface area contributed by atoms with Crippen molar-refractivity contribution < 1.29 is 88.3 Å². The van der Waals surface area contributed by atoms with Gasteiger partial charge in [-0.2, -0.15) is 74.6 Å². The lowest BCUT2D eigenvalue weighted by Crippen LogP contribution is -2.75. The average molecular weight is 574 g/mol. The Morgan fingerprint density at radius 3 is 1.06 bits per heavy atom. The van der Waals surface area contributed by atoms with E-state index in [0.29, 0.717) is 6.54 Å². The summed E-state index contributed by atoms with van der Waals surface area (Å²) in [4.78, 5) is 0. The van der Waals surface area contributed by atoms with Crippen molar-refractivity contribution in [1.29, 1.82) is 0 Å². The molecule has 0 rings (SSSR count). The molecule has 0 heterocycles. The van der Waals surface area contributed by atoms with Crippen LogP contribution in [0.1, 0.15) is 13.3 Å². The molecule has 0 radical (unpaired) electrons. The van der Waals surface area contributed by atoms with Gasteiger partial charge in [-0.25, -0.2) is 19.0 Å². The summed E-state index contributed by atoms with van der Waals surface area (Å²) in [6.07, 6.45) is -6.88. The van der Waals surface area contributed by atoms with Crippen molar-refractivity contribution in [3.63, 3.8) is 0 Å². The van der Waals surface area contributed by atoms with E-state index in [2.05, 4.69) is 5.14 Å². The molecule has 0 aromatic rings. The fourth-order valence-corrected chi connectivity index (χ4v) is 1.93. The number of hydroxylamine groups is 1. The number of halogens is 17. The summed E-state index contributed by atoms with van der Waals surface area (Å²) in [6.45, 7) is 2.68. The molecule has 34 heavy (non-hydrogen) atoms. The van der Waals surface area contributed by atoms with E-state index in [4.69, 9.17) is 5.21 Å². The van der Waals surface area contributed by atoms with E-state index in [0.717, 1.165) is 6.42 Å². The fraction of sp³-hybridized carbons (Fsp3) is 1.00. The van der Waals surface area contributed by atoms with Gasteiger partial charge in [0.05, 0.1) is 0 Å². The van der Waals surface area contributed by atoms with Crippen LogP contribution in [-0.2, 0) is 10.0 Å². The van der Waals surface area contributed by atoms with E-state index in [1.165, 1.54) is 0 Å². The molecule has 0 aliphatic heterocycles. The Balaban J connectivity index is 0. The first-order valence-electron chi connectivity index (χ1n) is 7.52. The van der Waals surface area contributed by atoms with E-state index < -0.39 is 57.0 Å². The van der Waals surface area contributed by atoms with Crippen molar-refractivity contribution in [3.8, 4) is 0 Å². The topological polar surface area (TPSA) is 92.4 Å². The summed E-state index contributed by atoms with van der Waals surface area (Å²) in [5, 5.41) is 3.52. The van der Waals surface area contributed by atoms with Crippen molar-refractivity contribution >= 4 is 10.0 Å². The zero-order valence-electron chi connectivity index (χ0n) is 15.6. The Bertz CT molecular complexity index is 791. The van der Waals surface area contributed by atoms with Crippen LogP contribution in [0, 0.1) is 0 Å². The molecular formula is C11H11F17N2O3S. The van der Waals surface area contributed by atoms with Gasteiger partial charge in [0, 0.05) is 6.54 Å². The normalized spacial score (nSPS) is 15.6. The first-order chi connectivity index (χ1) is 14.4. The molecule has 0 aromatic carbocycles. The second-order valence-corrected chi connectivity index (χ2v) is 7.52. The number of nitrogens with two attached hydrogens (primary N) is 1. The van der Waals surface area contributed by atoms with Crippen LogP contribution in [0.5, 0.6) is 0 Å². The molecule has 0 bridgehead atoms. The summed E-state index contributed by atoms with van der Waals surface area (Å²) < 4.78 is 236. The van der Waals surface area contributed by atoms with Gasteiger partial charge in [0.15, 0.2) is 0 Å². The Labute approximate surface area is 177 Å². The van der Waals surface area contributed by atoms with Gasteiger partial charge < -0.3 is 5.21 Å². The molecule has 0 aromatic heterocycles. The molecule has 0 aliphatic rings. The SMILES string of the molecule is CCCNO.NS(=O)(=O)C(F)(F)C(F)(F)C(F)(F)C(F)(F)C(F)(F)C(F)(F)C(F)(F)C(F)(F)F. The van der Waals surface area contributed by atoms with E-state index in [1.807, 2.05) is 12.4 Å². The standard InChI is InChI=1S/C8H2F17NO2S.C3H9NO/c9-1(10,3(13,14)5(17,18)7(21,22)23)2(11,12)4(15,16)6(19,20)8(24,25)29(26,27)28;1-2-3-4-5/h(H2,26,27,28);4-5H,2-3H2,1H3. The third kappa shape index (κ3) is 5.10. The van der Waals surface area contributed by atoms with Gasteiger partial charge in [-0.1, -0.05) is 6.92 Å². The predicted molar refractivity (Wildman–Crippen MR) is 73.9 cm³/mol. The van der Waals surface area contributed by atoms with Crippen LogP contribution in [0.3, 0.4) is 0 Å². The fourth-order valence-electron chi connectivity index (χ4n) is 1.44. The molecule has 0 saturated carbocycles. The first-order valence-corrected chi connectivity index (χ1v) is 9.07. The third-order valence-corrected chi connectivity index (χ3v) is 4.38. The molecule has 0 spiro atoms. The first kappa shape index (κ1) is 34.8. The molecule has 208 valence electrons. The molecule has 0 amide bonds. The Hall–Kier alpha value is -1.36. The second-order valence-electron chi connectivity index (χ2n) is 5.91. The van der Waals surface area contributed by atoms with Gasteiger partial charge in [0.2, 0.25) is 0 Å². The highest BCUT2D eigenvalue weighted by Crippen LogP contribution is 2.64. The molecular weight excluding hydrogens is 563 g/mol. The number of hydrogen-bond donors (Lipinski definition) is 3. The Morgan fingerprint density at radius 1 is 0.618 bits per heavy atom. The summed E-state index contributed by atoms with van der Waals surface area (Å²) in [5.74, 6) is -51.6. The van der Waals surface area contributed by atoms with Gasteiger partial charge in [-0.05, 0) is 6.42 Å². The van der Waals surface area contributed by atoms with E-state index in [-0.39, 0.29) is 0 Å². The molecule has 0 fully saturated rings. The van der Waals surface area contributed by atoms with Gasteiger partial charge >= 0.3 is 47.0 Å². The van der Waals surface area contributed by atoms with E-state index >= 15 is 0 Å². The van der Waals surface area contributed by atoms with Crippen molar-refractivity contribution in [1.82, 2.24) is 5.48 Å². The minimum Gasteiger partial charge on any atom is -0.317 e. The lowest BCUT2D eigenvalue weighted by Gasteiger charge is -2.42. The number of primary sulfonamides is 1.